The molecule has 0 bridgehead atoms. The van der Waals surface area contributed by atoms with Crippen LogP contribution in [-0.4, -0.2) is 10.1 Å². The van der Waals surface area contributed by atoms with Crippen LogP contribution in [0.3, 0.4) is 0 Å². The summed E-state index contributed by atoms with van der Waals surface area (Å²) in [7, 11) is 0. The van der Waals surface area contributed by atoms with E-state index in [0.29, 0.717) is 0 Å². The van der Waals surface area contributed by atoms with Crippen LogP contribution in [0.2, 0.25) is 0 Å². The number of alkyl halides is 1. The van der Waals surface area contributed by atoms with E-state index in [1.165, 1.54) is 0 Å². The SMILES string of the molecule is Oc1cnc(CF)o1. The number of nitrogens with zero attached hydrogens (tertiary/aromatic N) is 1. The summed E-state index contributed by atoms with van der Waals surface area (Å²) in [5.74, 6) is -0.444. The van der Waals surface area contributed by atoms with Gasteiger partial charge in [0.2, 0.25) is 5.89 Å². The first-order valence-electron chi connectivity index (χ1n) is 2.02. The highest BCUT2D eigenvalue weighted by atomic mass is 19.1. The van der Waals surface area contributed by atoms with Gasteiger partial charge in [-0.25, -0.2) is 9.37 Å². The molecule has 0 aromatic carbocycles. The molecule has 0 atom stereocenters. The van der Waals surface area contributed by atoms with E-state index >= 15 is 0 Å². The smallest absolute Gasteiger partial charge is 0.302 e. The van der Waals surface area contributed by atoms with E-state index in [1.54, 1.807) is 0 Å². The van der Waals surface area contributed by atoms with E-state index < -0.39 is 6.67 Å². The van der Waals surface area contributed by atoms with Crippen LogP contribution < -0.4 is 0 Å². The van der Waals surface area contributed by atoms with Gasteiger partial charge in [-0.1, -0.05) is 0 Å². The molecule has 0 amide bonds. The molecule has 1 aromatic rings. The van der Waals surface area contributed by atoms with Crippen molar-refractivity contribution in [1.82, 2.24) is 4.98 Å². The number of aromatic nitrogens is 1. The fourth-order valence-corrected chi connectivity index (χ4v) is 0.362. The van der Waals surface area contributed by atoms with E-state index in [-0.39, 0.29) is 11.8 Å². The maximum absolute atomic E-state index is 11.5. The van der Waals surface area contributed by atoms with Crippen LogP contribution in [0.1, 0.15) is 5.89 Å². The molecule has 1 aromatic heterocycles. The quantitative estimate of drug-likeness (QED) is 0.593. The van der Waals surface area contributed by atoms with Crippen LogP contribution in [0.4, 0.5) is 4.39 Å². The molecule has 0 spiro atoms. The first-order valence-corrected chi connectivity index (χ1v) is 2.02. The molecular weight excluding hydrogens is 113 g/mol. The molecule has 0 saturated carbocycles. The minimum absolute atomic E-state index is 0.0949. The number of rotatable bonds is 1. The average molecular weight is 117 g/mol. The van der Waals surface area contributed by atoms with Gasteiger partial charge in [-0.05, 0) is 0 Å². The Hall–Kier alpha value is -1.06. The molecule has 1 rings (SSSR count). The lowest BCUT2D eigenvalue weighted by molar-refractivity contribution is 0.294. The zero-order valence-corrected chi connectivity index (χ0v) is 3.97. The van der Waals surface area contributed by atoms with Crippen LogP contribution in [0.15, 0.2) is 10.6 Å². The second kappa shape index (κ2) is 1.81. The largest absolute Gasteiger partial charge is 0.480 e. The molecule has 0 radical (unpaired) electrons. The van der Waals surface area contributed by atoms with Crippen LogP contribution in [0.5, 0.6) is 5.95 Å². The van der Waals surface area contributed by atoms with Gasteiger partial charge < -0.3 is 9.52 Å². The number of hydrogen-bond acceptors (Lipinski definition) is 3. The number of halogens is 1. The lowest BCUT2D eigenvalue weighted by atomic mass is 10.8. The van der Waals surface area contributed by atoms with Crippen molar-refractivity contribution in [2.24, 2.45) is 0 Å². The first kappa shape index (κ1) is 5.08. The van der Waals surface area contributed by atoms with Crippen molar-refractivity contribution in [2.45, 2.75) is 6.67 Å². The third-order valence-corrected chi connectivity index (χ3v) is 0.656. The molecule has 0 unspecified atom stereocenters. The normalized spacial score (nSPS) is 9.62. The minimum atomic E-state index is -0.777. The summed E-state index contributed by atoms with van der Waals surface area (Å²) in [5.41, 5.74) is 0. The van der Waals surface area contributed by atoms with Gasteiger partial charge in [0.1, 0.15) is 6.20 Å². The number of hydrogen-bond donors (Lipinski definition) is 1. The molecule has 0 aliphatic rings. The summed E-state index contributed by atoms with van der Waals surface area (Å²) in [6, 6.07) is 0. The van der Waals surface area contributed by atoms with Crippen LogP contribution >= 0.6 is 0 Å². The van der Waals surface area contributed by atoms with Crippen LogP contribution in [0, 0.1) is 0 Å². The fraction of sp³-hybridized carbons (Fsp3) is 0.250. The Morgan fingerprint density at radius 1 is 1.88 bits per heavy atom. The summed E-state index contributed by atoms with van der Waals surface area (Å²) in [6.45, 7) is -0.777. The second-order valence-electron chi connectivity index (χ2n) is 1.23. The highest BCUT2D eigenvalue weighted by molar-refractivity contribution is 4.95. The molecule has 0 aliphatic carbocycles. The predicted octanol–water partition coefficient (Wildman–Crippen LogP) is 0.850. The molecule has 44 valence electrons. The van der Waals surface area contributed by atoms with Crippen LogP contribution in [0.25, 0.3) is 0 Å². The number of oxazole rings is 1. The minimum Gasteiger partial charge on any atom is -0.480 e. The Morgan fingerprint density at radius 3 is 2.88 bits per heavy atom. The highest BCUT2D eigenvalue weighted by Crippen LogP contribution is 2.09. The third kappa shape index (κ3) is 0.776. The maximum atomic E-state index is 11.5. The Morgan fingerprint density at radius 2 is 2.62 bits per heavy atom. The van der Waals surface area contributed by atoms with E-state index in [2.05, 4.69) is 9.40 Å². The lowest BCUT2D eigenvalue weighted by Gasteiger charge is -1.77. The van der Waals surface area contributed by atoms with Gasteiger partial charge in [0.15, 0.2) is 6.67 Å². The monoisotopic (exact) mass is 117 g/mol. The molecule has 3 nitrogen and oxygen atoms in total. The Balaban J connectivity index is 2.84. The van der Waals surface area contributed by atoms with E-state index in [4.69, 9.17) is 5.11 Å². The lowest BCUT2D eigenvalue weighted by Crippen LogP contribution is -1.71. The molecule has 0 saturated heterocycles. The fourth-order valence-electron chi connectivity index (χ4n) is 0.362. The topological polar surface area (TPSA) is 46.3 Å². The standard InChI is InChI=1S/C4H4FNO2/c5-1-3-6-2-4(7)8-3/h2,7H,1H2. The van der Waals surface area contributed by atoms with E-state index in [9.17, 15) is 4.39 Å². The molecule has 4 heteroatoms. The molecule has 0 aliphatic heterocycles. The zero-order chi connectivity index (χ0) is 5.98. The summed E-state index contributed by atoms with van der Waals surface area (Å²) in [4.78, 5) is 3.34. The Bertz CT molecular complexity index is 174. The van der Waals surface area contributed by atoms with Crippen molar-refractivity contribution in [2.75, 3.05) is 0 Å². The van der Waals surface area contributed by atoms with Gasteiger partial charge in [0.05, 0.1) is 0 Å². The number of aromatic hydroxyl groups is 1. The highest BCUT2D eigenvalue weighted by Gasteiger charge is 1.97. The van der Waals surface area contributed by atoms with Crippen LogP contribution in [-0.2, 0) is 6.67 Å². The molecular formula is C4H4FNO2. The van der Waals surface area contributed by atoms with Crippen molar-refractivity contribution < 1.29 is 13.9 Å². The van der Waals surface area contributed by atoms with Gasteiger partial charge in [-0.3, -0.25) is 0 Å². The van der Waals surface area contributed by atoms with Crippen molar-refractivity contribution in [3.8, 4) is 5.95 Å². The summed E-state index contributed by atoms with van der Waals surface area (Å²) in [5, 5.41) is 8.39. The molecule has 1 N–H and O–H groups in total. The average Bonchev–Trinajstić information content (AvgIpc) is 2.14. The van der Waals surface area contributed by atoms with Crippen molar-refractivity contribution in [3.05, 3.63) is 12.1 Å². The molecule has 8 heavy (non-hydrogen) atoms. The summed E-state index contributed by atoms with van der Waals surface area (Å²) < 4.78 is 15.8. The molecule has 1 heterocycles. The predicted molar refractivity (Wildman–Crippen MR) is 23.0 cm³/mol. The van der Waals surface area contributed by atoms with Gasteiger partial charge >= 0.3 is 5.95 Å². The Labute approximate surface area is 44.8 Å². The van der Waals surface area contributed by atoms with E-state index in [1.807, 2.05) is 0 Å². The van der Waals surface area contributed by atoms with Crippen molar-refractivity contribution in [3.63, 3.8) is 0 Å². The van der Waals surface area contributed by atoms with Crippen molar-refractivity contribution in [1.29, 1.82) is 0 Å². The van der Waals surface area contributed by atoms with Crippen molar-refractivity contribution >= 4 is 0 Å². The summed E-state index contributed by atoms with van der Waals surface area (Å²) in [6.07, 6.45) is 1.05. The maximum Gasteiger partial charge on any atom is 0.302 e. The second-order valence-corrected chi connectivity index (χ2v) is 1.23. The van der Waals surface area contributed by atoms with Gasteiger partial charge in [0, 0.05) is 0 Å². The molecule has 0 fully saturated rings. The third-order valence-electron chi connectivity index (χ3n) is 0.656. The Kier molecular flexibility index (Phi) is 1.15. The zero-order valence-electron chi connectivity index (χ0n) is 3.97. The van der Waals surface area contributed by atoms with Gasteiger partial charge in [-0.15, -0.1) is 0 Å². The van der Waals surface area contributed by atoms with E-state index in [0.717, 1.165) is 6.20 Å². The van der Waals surface area contributed by atoms with Gasteiger partial charge in [0.25, 0.3) is 0 Å². The first-order chi connectivity index (χ1) is 3.83. The van der Waals surface area contributed by atoms with Gasteiger partial charge in [-0.2, -0.15) is 0 Å². The summed E-state index contributed by atoms with van der Waals surface area (Å²) >= 11 is 0.